The second kappa shape index (κ2) is 9.66. The molecule has 1 N–H and O–H groups in total. The quantitative estimate of drug-likeness (QED) is 0.330. The molecule has 2 atom stereocenters. The Labute approximate surface area is 217 Å². The van der Waals surface area contributed by atoms with E-state index in [0.717, 1.165) is 40.0 Å². The molecular formula is C29H30N4O2S. The van der Waals surface area contributed by atoms with E-state index in [0.29, 0.717) is 5.11 Å². The van der Waals surface area contributed by atoms with Crippen molar-refractivity contribution >= 4 is 23.0 Å². The van der Waals surface area contributed by atoms with E-state index >= 15 is 0 Å². The van der Waals surface area contributed by atoms with E-state index in [1.54, 1.807) is 14.2 Å². The Morgan fingerprint density at radius 2 is 1.75 bits per heavy atom. The monoisotopic (exact) mass is 498 g/mol. The molecule has 7 heteroatoms. The Hall–Kier alpha value is -3.84. The number of pyridine rings is 1. The highest BCUT2D eigenvalue weighted by Crippen LogP contribution is 2.47. The van der Waals surface area contributed by atoms with Gasteiger partial charge in [0.1, 0.15) is 11.5 Å². The van der Waals surface area contributed by atoms with Gasteiger partial charge in [-0.05, 0) is 86.6 Å². The van der Waals surface area contributed by atoms with Gasteiger partial charge < -0.3 is 24.3 Å². The smallest absolute Gasteiger partial charge is 0.174 e. The minimum Gasteiger partial charge on any atom is -0.497 e. The van der Waals surface area contributed by atoms with Crippen LogP contribution in [0, 0.1) is 20.8 Å². The third-order valence-electron chi connectivity index (χ3n) is 6.79. The first-order valence-electron chi connectivity index (χ1n) is 11.9. The van der Waals surface area contributed by atoms with Crippen molar-refractivity contribution in [3.8, 4) is 17.2 Å². The van der Waals surface area contributed by atoms with Gasteiger partial charge in [-0.1, -0.05) is 18.2 Å². The van der Waals surface area contributed by atoms with Gasteiger partial charge in [-0.15, -0.1) is 0 Å². The number of methoxy groups -OCH3 is 2. The zero-order valence-corrected chi connectivity index (χ0v) is 22.0. The normalized spacial score (nSPS) is 17.2. The van der Waals surface area contributed by atoms with Gasteiger partial charge in [0.25, 0.3) is 0 Å². The predicted molar refractivity (Wildman–Crippen MR) is 147 cm³/mol. The summed E-state index contributed by atoms with van der Waals surface area (Å²) in [6, 6.07) is 22.3. The lowest BCUT2D eigenvalue weighted by Gasteiger charge is -2.29. The van der Waals surface area contributed by atoms with E-state index in [2.05, 4.69) is 65.9 Å². The summed E-state index contributed by atoms with van der Waals surface area (Å²) < 4.78 is 13.6. The topological polar surface area (TPSA) is 51.6 Å². The maximum Gasteiger partial charge on any atom is 0.174 e. The van der Waals surface area contributed by atoms with E-state index in [1.807, 2.05) is 42.6 Å². The van der Waals surface area contributed by atoms with Crippen LogP contribution in [-0.4, -0.2) is 28.9 Å². The molecule has 0 radical (unpaired) electrons. The van der Waals surface area contributed by atoms with E-state index < -0.39 is 0 Å². The van der Waals surface area contributed by atoms with Crippen LogP contribution >= 0.6 is 12.2 Å². The second-order valence-corrected chi connectivity index (χ2v) is 9.42. The average Bonchev–Trinajstić information content (AvgIpc) is 3.38. The van der Waals surface area contributed by atoms with Crippen molar-refractivity contribution in [1.29, 1.82) is 0 Å². The van der Waals surface area contributed by atoms with E-state index in [4.69, 9.17) is 26.7 Å². The molecule has 0 unspecified atom stereocenters. The summed E-state index contributed by atoms with van der Waals surface area (Å²) in [6.45, 7) is 6.43. The minimum atomic E-state index is -0.154. The first-order chi connectivity index (χ1) is 17.4. The number of thiocarbonyl (C=S) groups is 1. The molecule has 2 aromatic carbocycles. The molecule has 6 nitrogen and oxygen atoms in total. The number of nitrogens with one attached hydrogen (secondary N) is 1. The average molecular weight is 499 g/mol. The number of anilines is 1. The fraction of sp³-hybridized carbons (Fsp3) is 0.241. The van der Waals surface area contributed by atoms with Crippen LogP contribution < -0.4 is 19.7 Å². The number of hydrogen-bond donors (Lipinski definition) is 1. The standard InChI is InChI=1S/C29H30N4O2S/c1-18-9-8-10-21(15-18)32-19(2)16-23(20(32)3)28-27(24-11-6-7-14-30-24)31-29(36)33(28)25-17-22(34-4)12-13-26(25)35-5/h6-17,27-28H,1-5H3,(H,31,36)/t27-,28+/m0/s1. The van der Waals surface area contributed by atoms with Crippen LogP contribution in [0.25, 0.3) is 5.69 Å². The highest BCUT2D eigenvalue weighted by Gasteiger charge is 2.43. The first kappa shape index (κ1) is 23.9. The van der Waals surface area contributed by atoms with Crippen LogP contribution in [0.5, 0.6) is 11.5 Å². The fourth-order valence-electron chi connectivity index (χ4n) is 5.17. The van der Waals surface area contributed by atoms with Crippen molar-refractivity contribution in [1.82, 2.24) is 14.9 Å². The molecule has 2 aromatic heterocycles. The summed E-state index contributed by atoms with van der Waals surface area (Å²) in [5.74, 6) is 1.46. The number of ether oxygens (including phenoxy) is 2. The largest absolute Gasteiger partial charge is 0.497 e. The Balaban J connectivity index is 1.72. The molecule has 36 heavy (non-hydrogen) atoms. The molecule has 1 saturated heterocycles. The zero-order chi connectivity index (χ0) is 25.4. The zero-order valence-electron chi connectivity index (χ0n) is 21.1. The van der Waals surface area contributed by atoms with Crippen molar-refractivity contribution in [2.24, 2.45) is 0 Å². The molecule has 0 spiro atoms. The highest BCUT2D eigenvalue weighted by molar-refractivity contribution is 7.80. The third-order valence-corrected chi connectivity index (χ3v) is 7.11. The number of benzene rings is 2. The maximum absolute atomic E-state index is 5.94. The van der Waals surface area contributed by atoms with Crippen LogP contribution in [0.4, 0.5) is 5.69 Å². The van der Waals surface area contributed by atoms with Crippen LogP contribution in [0.3, 0.4) is 0 Å². The van der Waals surface area contributed by atoms with E-state index in [1.165, 1.54) is 11.1 Å². The van der Waals surface area contributed by atoms with Crippen LogP contribution in [0.2, 0.25) is 0 Å². The third kappa shape index (κ3) is 4.09. The molecule has 1 fully saturated rings. The summed E-state index contributed by atoms with van der Waals surface area (Å²) in [7, 11) is 3.34. The molecule has 5 rings (SSSR count). The van der Waals surface area contributed by atoms with Gasteiger partial charge in [0, 0.05) is 29.3 Å². The molecule has 3 heterocycles. The molecular weight excluding hydrogens is 468 g/mol. The van der Waals surface area contributed by atoms with Crippen LogP contribution in [0.15, 0.2) is 72.9 Å². The summed E-state index contributed by atoms with van der Waals surface area (Å²) >= 11 is 5.94. The van der Waals surface area contributed by atoms with Crippen molar-refractivity contribution in [3.05, 3.63) is 101 Å². The maximum atomic E-state index is 5.94. The SMILES string of the molecule is COc1ccc(OC)c(N2C(=S)N[C@@H](c3ccccn3)[C@H]2c2cc(C)n(-c3cccc(C)c3)c2C)c1. The van der Waals surface area contributed by atoms with E-state index in [-0.39, 0.29) is 12.1 Å². The summed E-state index contributed by atoms with van der Waals surface area (Å²) in [5.41, 5.74) is 7.62. The Kier molecular flexibility index (Phi) is 6.41. The first-order valence-corrected chi connectivity index (χ1v) is 12.3. The van der Waals surface area contributed by atoms with Gasteiger partial charge >= 0.3 is 0 Å². The van der Waals surface area contributed by atoms with Gasteiger partial charge in [0.2, 0.25) is 0 Å². The lowest BCUT2D eigenvalue weighted by Crippen LogP contribution is -2.30. The molecule has 0 amide bonds. The molecule has 1 aliphatic heterocycles. The molecule has 184 valence electrons. The summed E-state index contributed by atoms with van der Waals surface area (Å²) in [5, 5.41) is 4.16. The second-order valence-electron chi connectivity index (χ2n) is 9.04. The Bertz CT molecular complexity index is 1420. The highest BCUT2D eigenvalue weighted by atomic mass is 32.1. The van der Waals surface area contributed by atoms with Gasteiger partial charge in [-0.2, -0.15) is 0 Å². The van der Waals surface area contributed by atoms with Crippen LogP contribution in [0.1, 0.15) is 40.3 Å². The Morgan fingerprint density at radius 1 is 0.917 bits per heavy atom. The summed E-state index contributed by atoms with van der Waals surface area (Å²) in [6.07, 6.45) is 1.82. The number of nitrogens with zero attached hydrogens (tertiary/aromatic N) is 3. The molecule has 4 aromatic rings. The van der Waals surface area contributed by atoms with Gasteiger partial charge in [-0.3, -0.25) is 4.98 Å². The van der Waals surface area contributed by atoms with Gasteiger partial charge in [0.15, 0.2) is 5.11 Å². The van der Waals surface area contributed by atoms with Gasteiger partial charge in [0.05, 0.1) is 37.7 Å². The van der Waals surface area contributed by atoms with Gasteiger partial charge in [-0.25, -0.2) is 0 Å². The lowest BCUT2D eigenvalue weighted by molar-refractivity contribution is 0.403. The summed E-state index contributed by atoms with van der Waals surface area (Å²) in [4.78, 5) is 6.83. The number of aromatic nitrogens is 2. The molecule has 0 aliphatic carbocycles. The van der Waals surface area contributed by atoms with Crippen molar-refractivity contribution in [2.75, 3.05) is 19.1 Å². The van der Waals surface area contributed by atoms with Crippen LogP contribution in [-0.2, 0) is 0 Å². The van der Waals surface area contributed by atoms with Crippen molar-refractivity contribution in [3.63, 3.8) is 0 Å². The van der Waals surface area contributed by atoms with Crippen molar-refractivity contribution < 1.29 is 9.47 Å². The number of aryl methyl sites for hydroxylation is 2. The molecule has 0 saturated carbocycles. The van der Waals surface area contributed by atoms with Crippen molar-refractivity contribution in [2.45, 2.75) is 32.9 Å². The molecule has 0 bridgehead atoms. The molecule has 1 aliphatic rings. The number of rotatable bonds is 6. The van der Waals surface area contributed by atoms with E-state index in [9.17, 15) is 0 Å². The predicted octanol–water partition coefficient (Wildman–Crippen LogP) is 5.99. The fourth-order valence-corrected chi connectivity index (χ4v) is 5.51. The minimum absolute atomic E-state index is 0.152. The Morgan fingerprint density at radius 3 is 2.44 bits per heavy atom. The number of hydrogen-bond acceptors (Lipinski definition) is 4. The lowest BCUT2D eigenvalue weighted by atomic mass is 9.96.